The molecule has 3 nitrogen and oxygen atoms in total. The van der Waals surface area contributed by atoms with Gasteiger partial charge in [-0.25, -0.2) is 0 Å². The van der Waals surface area contributed by atoms with Crippen LogP contribution in [0, 0.1) is 6.92 Å². The van der Waals surface area contributed by atoms with Gasteiger partial charge in [0.1, 0.15) is 5.58 Å². The van der Waals surface area contributed by atoms with E-state index in [-0.39, 0.29) is 50.2 Å². The zero-order chi connectivity index (χ0) is 55.1. The van der Waals surface area contributed by atoms with Crippen molar-refractivity contribution in [3.05, 3.63) is 159 Å². The van der Waals surface area contributed by atoms with E-state index in [4.69, 9.17) is 4.42 Å². The largest absolute Gasteiger partial charge is 0.454 e. The van der Waals surface area contributed by atoms with E-state index in [9.17, 15) is 0 Å². The van der Waals surface area contributed by atoms with Crippen molar-refractivity contribution in [2.75, 3.05) is 9.71 Å². The van der Waals surface area contributed by atoms with Gasteiger partial charge in [0.2, 0.25) is 0 Å². The van der Waals surface area contributed by atoms with Crippen LogP contribution in [-0.4, -0.2) is 6.85 Å². The maximum atomic E-state index is 7.46. The van der Waals surface area contributed by atoms with Crippen molar-refractivity contribution in [1.82, 2.24) is 0 Å². The van der Waals surface area contributed by atoms with Gasteiger partial charge in [-0.15, -0.1) is 0 Å². The number of rotatable bonds is 2. The molecule has 0 atom stereocenters. The smallest absolute Gasteiger partial charge is 0.333 e. The normalized spacial score (nSPS) is 20.8. The number of aryl methyl sites for hydroxylation is 1. The molecule has 4 aliphatic carbocycles. The van der Waals surface area contributed by atoms with Crippen molar-refractivity contribution in [3.8, 4) is 22.3 Å². The summed E-state index contributed by atoms with van der Waals surface area (Å²) in [6, 6.07) is 42.3. The molecule has 0 saturated heterocycles. The minimum Gasteiger partial charge on any atom is -0.454 e. The SMILES string of the molecule is Cc1cc2c(cc1N1c3cc4c(cc3B3c5c(cc6c(oc7ccccc76)c51)-c1cc5c(cc1N3c1ccc(C(C)(C)C)cc1)C(C)(C)c1cc3c(cc1-5)C(C)(C)CCC3(C)C)C(C)(C)CCC4(C)C)C(C)(C)CCC2(C)C. The van der Waals surface area contributed by atoms with Crippen molar-refractivity contribution >= 4 is 68.1 Å². The zero-order valence-electron chi connectivity index (χ0n) is 50.4. The number of fused-ring (bicyclic) bond motifs is 14. The van der Waals surface area contributed by atoms with E-state index in [2.05, 4.69) is 237 Å². The molecule has 0 spiro atoms. The lowest BCUT2D eigenvalue weighted by Gasteiger charge is -2.49. The van der Waals surface area contributed by atoms with Crippen LogP contribution in [0.1, 0.15) is 212 Å². The fraction of sp³-hybridized carbons (Fsp3) is 0.432. The molecule has 0 amide bonds. The molecule has 8 aromatic rings. The molecule has 0 N–H and O–H groups in total. The van der Waals surface area contributed by atoms with E-state index in [0.717, 1.165) is 35.8 Å². The second-order valence-corrected chi connectivity index (χ2v) is 31.0. The lowest BCUT2D eigenvalue weighted by molar-refractivity contribution is 0.331. The molecule has 0 bridgehead atoms. The molecule has 2 aliphatic heterocycles. The van der Waals surface area contributed by atoms with Crippen LogP contribution in [0.2, 0.25) is 0 Å². The van der Waals surface area contributed by atoms with Crippen LogP contribution < -0.4 is 20.6 Å². The van der Waals surface area contributed by atoms with Crippen LogP contribution >= 0.6 is 0 Å². The first-order valence-corrected chi connectivity index (χ1v) is 29.8. The van der Waals surface area contributed by atoms with Gasteiger partial charge in [0.05, 0.1) is 5.69 Å². The third-order valence-corrected chi connectivity index (χ3v) is 21.7. The molecule has 3 heterocycles. The Hall–Kier alpha value is -6.00. The summed E-state index contributed by atoms with van der Waals surface area (Å²) in [7, 11) is 0. The second-order valence-electron chi connectivity index (χ2n) is 31.0. The average Bonchev–Trinajstić information content (AvgIpc) is 2.66. The maximum absolute atomic E-state index is 7.46. The molecule has 0 radical (unpaired) electrons. The van der Waals surface area contributed by atoms with E-state index < -0.39 is 0 Å². The number of hydrogen-bond donors (Lipinski definition) is 0. The Bertz CT molecular complexity index is 3950. The lowest BCUT2D eigenvalue weighted by atomic mass is 9.42. The highest BCUT2D eigenvalue weighted by atomic mass is 16.3. The highest BCUT2D eigenvalue weighted by Crippen LogP contribution is 2.60. The molecular formula is C74H83BN2O. The molecule has 4 heteroatoms. The molecule has 14 rings (SSSR count). The summed E-state index contributed by atoms with van der Waals surface area (Å²) in [6.07, 6.45) is 7.02. The van der Waals surface area contributed by atoms with E-state index in [1.165, 1.54) is 142 Å². The summed E-state index contributed by atoms with van der Waals surface area (Å²) < 4.78 is 7.46. The van der Waals surface area contributed by atoms with Gasteiger partial charge in [-0.05, 0) is 221 Å². The number of hydrogen-bond acceptors (Lipinski definition) is 3. The van der Waals surface area contributed by atoms with Gasteiger partial charge in [-0.1, -0.05) is 166 Å². The Morgan fingerprint density at radius 3 is 1.53 bits per heavy atom. The summed E-state index contributed by atoms with van der Waals surface area (Å²) in [5.41, 5.74) is 30.8. The Morgan fingerprint density at radius 1 is 0.449 bits per heavy atom. The first-order valence-electron chi connectivity index (χ1n) is 29.8. The van der Waals surface area contributed by atoms with E-state index in [1.807, 2.05) is 0 Å². The predicted octanol–water partition coefficient (Wildman–Crippen LogP) is 19.3. The molecule has 0 saturated carbocycles. The van der Waals surface area contributed by atoms with Crippen LogP contribution in [0.15, 0.2) is 108 Å². The van der Waals surface area contributed by atoms with Gasteiger partial charge < -0.3 is 14.1 Å². The fourth-order valence-corrected chi connectivity index (χ4v) is 16.1. The van der Waals surface area contributed by atoms with Gasteiger partial charge in [-0.3, -0.25) is 0 Å². The predicted molar refractivity (Wildman–Crippen MR) is 334 cm³/mol. The highest BCUT2D eigenvalue weighted by molar-refractivity contribution is 6.94. The first-order chi connectivity index (χ1) is 36.4. The number of furan rings is 1. The third-order valence-electron chi connectivity index (χ3n) is 21.7. The summed E-state index contributed by atoms with van der Waals surface area (Å²) in [5.74, 6) is 0. The zero-order valence-corrected chi connectivity index (χ0v) is 50.4. The quantitative estimate of drug-likeness (QED) is 0.161. The van der Waals surface area contributed by atoms with Gasteiger partial charge >= 0.3 is 6.85 Å². The standard InChI is InChI=1S/C74H83BN2O/c1-42-33-53-57(72(13,14)31-27-68(53,5)6)40-60(42)76-62-41-58-56(71(11,12)30-32-73(58,15)16)38-59(62)75-64-49(35-50-45-21-19-20-22-63(45)78-66(50)65(64)76)48-34-46-47-36-54-55(70(9,10)29-28-69(54,7)8)37-51(47)74(17,18)52(46)39-61(48)77(75)44-25-23-43(24-26-44)67(2,3)4/h19-26,33-41H,27-32H2,1-18H3. The molecule has 0 fully saturated rings. The van der Waals surface area contributed by atoms with Crippen LogP contribution in [0.4, 0.5) is 28.4 Å². The Balaban J connectivity index is 1.16. The Labute approximate surface area is 467 Å². The number of benzene rings is 7. The van der Waals surface area contributed by atoms with Crippen molar-refractivity contribution in [2.24, 2.45) is 0 Å². The van der Waals surface area contributed by atoms with E-state index >= 15 is 0 Å². The first kappa shape index (κ1) is 50.2. The van der Waals surface area contributed by atoms with Crippen LogP contribution in [0.5, 0.6) is 0 Å². The number of nitrogens with zero attached hydrogens (tertiary/aromatic N) is 2. The van der Waals surface area contributed by atoms with Crippen molar-refractivity contribution in [3.63, 3.8) is 0 Å². The number of anilines is 5. The minimum atomic E-state index is -0.216. The Morgan fingerprint density at radius 2 is 0.936 bits per heavy atom. The topological polar surface area (TPSA) is 19.6 Å². The van der Waals surface area contributed by atoms with Crippen molar-refractivity contribution in [2.45, 2.75) is 206 Å². The van der Waals surface area contributed by atoms with Crippen LogP contribution in [0.3, 0.4) is 0 Å². The summed E-state index contributed by atoms with van der Waals surface area (Å²) in [5, 5.41) is 2.34. The molecule has 398 valence electrons. The van der Waals surface area contributed by atoms with E-state index in [0.29, 0.717) is 0 Å². The van der Waals surface area contributed by atoms with Gasteiger partial charge in [0.25, 0.3) is 0 Å². The fourth-order valence-electron chi connectivity index (χ4n) is 16.1. The lowest BCUT2D eigenvalue weighted by Crippen LogP contribution is -2.62. The minimum absolute atomic E-state index is 0.00145. The molecular weight excluding hydrogens is 944 g/mol. The summed E-state index contributed by atoms with van der Waals surface area (Å²) >= 11 is 0. The third kappa shape index (κ3) is 6.76. The van der Waals surface area contributed by atoms with Crippen molar-refractivity contribution in [1.29, 1.82) is 0 Å². The van der Waals surface area contributed by atoms with Gasteiger partial charge in [0.15, 0.2) is 5.58 Å². The van der Waals surface area contributed by atoms with Crippen molar-refractivity contribution < 1.29 is 4.42 Å². The molecule has 6 aliphatic rings. The molecule has 1 aromatic heterocycles. The summed E-state index contributed by atoms with van der Waals surface area (Å²) in [6.45, 7) is 44.1. The van der Waals surface area contributed by atoms with Crippen LogP contribution in [0.25, 0.3) is 44.2 Å². The highest BCUT2D eigenvalue weighted by Gasteiger charge is 2.52. The average molecular weight is 1030 g/mol. The van der Waals surface area contributed by atoms with E-state index in [1.54, 1.807) is 0 Å². The summed E-state index contributed by atoms with van der Waals surface area (Å²) in [4.78, 5) is 5.52. The Kier molecular flexibility index (Phi) is 9.96. The number of para-hydroxylation sites is 1. The second kappa shape index (κ2) is 15.5. The van der Waals surface area contributed by atoms with Crippen LogP contribution in [-0.2, 0) is 43.3 Å². The van der Waals surface area contributed by atoms with Gasteiger partial charge in [0, 0.05) is 44.5 Å². The monoisotopic (exact) mass is 1030 g/mol. The molecule has 78 heavy (non-hydrogen) atoms. The molecule has 7 aromatic carbocycles. The molecule has 0 unspecified atom stereocenters. The van der Waals surface area contributed by atoms with Gasteiger partial charge in [-0.2, -0.15) is 0 Å². The maximum Gasteiger partial charge on any atom is 0.333 e.